The summed E-state index contributed by atoms with van der Waals surface area (Å²) in [5.74, 6) is 0. The van der Waals surface area contributed by atoms with E-state index in [0.717, 1.165) is 82.5 Å². The molecule has 7 aromatic carbocycles. The number of fused-ring (bicyclic) bond motifs is 9. The molecule has 3 heterocycles. The molecule has 218 valence electrons. The van der Waals surface area contributed by atoms with Gasteiger partial charge in [-0.3, -0.25) is 0 Å². The molecule has 0 saturated heterocycles. The van der Waals surface area contributed by atoms with Gasteiger partial charge in [0, 0.05) is 43.9 Å². The zero-order chi connectivity index (χ0) is 31.1. The molecule has 10 rings (SSSR count). The second kappa shape index (κ2) is 9.71. The highest BCUT2D eigenvalue weighted by molar-refractivity contribution is 6.17. The van der Waals surface area contributed by atoms with Crippen molar-refractivity contribution in [1.82, 2.24) is 9.13 Å². The first-order valence-electron chi connectivity index (χ1n) is 15.8. The predicted octanol–water partition coefficient (Wildman–Crippen LogP) is 11.3. The van der Waals surface area contributed by atoms with Crippen LogP contribution in [0.3, 0.4) is 0 Å². The molecular weight excluding hydrogens is 574 g/mol. The maximum atomic E-state index is 11.3. The summed E-state index contributed by atoms with van der Waals surface area (Å²) in [6.45, 7) is 0. The largest absolute Gasteiger partial charge is 0.455 e. The highest BCUT2D eigenvalue weighted by Gasteiger charge is 2.26. The molecule has 4 heteroatoms. The summed E-state index contributed by atoms with van der Waals surface area (Å²) in [6, 6.07) is 55.3. The van der Waals surface area contributed by atoms with Crippen molar-refractivity contribution in [2.24, 2.45) is 0 Å². The van der Waals surface area contributed by atoms with Gasteiger partial charge < -0.3 is 13.6 Å². The van der Waals surface area contributed by atoms with Crippen LogP contribution in [0.2, 0.25) is 0 Å². The topological polar surface area (TPSA) is 46.8 Å². The van der Waals surface area contributed by atoms with Gasteiger partial charge in [-0.15, -0.1) is 0 Å². The van der Waals surface area contributed by atoms with Crippen molar-refractivity contribution in [2.45, 2.75) is 0 Å². The summed E-state index contributed by atoms with van der Waals surface area (Å²) in [6.07, 6.45) is 0. The SMILES string of the molecule is N#Cc1c(-n2c3ccccc3c3ccccc32)c(-n2c3ccccc3c3ccccc32)cc2oc3c(-c4ccccc4)cccc3c12. The van der Waals surface area contributed by atoms with Crippen molar-refractivity contribution < 1.29 is 4.42 Å². The van der Waals surface area contributed by atoms with Crippen molar-refractivity contribution in [3.63, 3.8) is 0 Å². The van der Waals surface area contributed by atoms with Crippen LogP contribution < -0.4 is 0 Å². The lowest BCUT2D eigenvalue weighted by Crippen LogP contribution is -2.06. The van der Waals surface area contributed by atoms with E-state index in [4.69, 9.17) is 4.42 Å². The number of rotatable bonds is 3. The molecule has 0 aliphatic carbocycles. The molecule has 0 N–H and O–H groups in total. The van der Waals surface area contributed by atoms with Crippen LogP contribution in [0.15, 0.2) is 156 Å². The summed E-state index contributed by atoms with van der Waals surface area (Å²) >= 11 is 0. The summed E-state index contributed by atoms with van der Waals surface area (Å²) in [7, 11) is 0. The van der Waals surface area contributed by atoms with Gasteiger partial charge in [-0.2, -0.15) is 5.26 Å². The number of para-hydroxylation sites is 5. The van der Waals surface area contributed by atoms with E-state index in [1.807, 2.05) is 18.2 Å². The van der Waals surface area contributed by atoms with E-state index in [1.54, 1.807) is 0 Å². The Morgan fingerprint density at radius 3 is 1.53 bits per heavy atom. The van der Waals surface area contributed by atoms with Gasteiger partial charge in [0.2, 0.25) is 0 Å². The zero-order valence-electron chi connectivity index (χ0n) is 25.2. The second-order valence-electron chi connectivity index (χ2n) is 12.0. The van der Waals surface area contributed by atoms with Crippen molar-refractivity contribution in [3.05, 3.63) is 157 Å². The normalized spacial score (nSPS) is 11.8. The Morgan fingerprint density at radius 1 is 0.489 bits per heavy atom. The lowest BCUT2D eigenvalue weighted by molar-refractivity contribution is 0.669. The van der Waals surface area contributed by atoms with Gasteiger partial charge in [0.1, 0.15) is 17.2 Å². The molecule has 0 aliphatic rings. The third kappa shape index (κ3) is 3.51. The van der Waals surface area contributed by atoms with E-state index < -0.39 is 0 Å². The molecule has 0 saturated carbocycles. The monoisotopic (exact) mass is 599 g/mol. The van der Waals surface area contributed by atoms with Crippen molar-refractivity contribution in [3.8, 4) is 28.6 Å². The Labute approximate surface area is 269 Å². The van der Waals surface area contributed by atoms with Gasteiger partial charge in [0.05, 0.1) is 39.0 Å². The summed E-state index contributed by atoms with van der Waals surface area (Å²) in [5, 5.41) is 17.6. The standard InChI is InChI=1S/C43H25N3O/c44-26-34-41-33-20-12-19-28(27-13-2-1-3-14-27)43(33)47-40(41)25-39(45-35-21-8-4-15-29(35)30-16-5-9-22-36(30)45)42(34)46-37-23-10-6-17-31(37)32-18-7-11-24-38(32)46/h1-25H. The summed E-state index contributed by atoms with van der Waals surface area (Å²) < 4.78 is 11.4. The molecule has 0 unspecified atom stereocenters. The molecule has 0 radical (unpaired) electrons. The number of hydrogen-bond donors (Lipinski definition) is 0. The van der Waals surface area contributed by atoms with Crippen molar-refractivity contribution >= 4 is 65.6 Å². The van der Waals surface area contributed by atoms with Gasteiger partial charge in [-0.1, -0.05) is 121 Å². The Bertz CT molecular complexity index is 2810. The van der Waals surface area contributed by atoms with Crippen molar-refractivity contribution in [2.75, 3.05) is 0 Å². The van der Waals surface area contributed by atoms with E-state index >= 15 is 0 Å². The molecular formula is C43H25N3O. The van der Waals surface area contributed by atoms with Gasteiger partial charge >= 0.3 is 0 Å². The zero-order valence-corrected chi connectivity index (χ0v) is 25.2. The first-order valence-corrected chi connectivity index (χ1v) is 15.8. The minimum absolute atomic E-state index is 0.579. The fraction of sp³-hybridized carbons (Fsp3) is 0. The number of furan rings is 1. The predicted molar refractivity (Wildman–Crippen MR) is 193 cm³/mol. The molecule has 4 nitrogen and oxygen atoms in total. The van der Waals surface area contributed by atoms with Crippen LogP contribution in [0.1, 0.15) is 5.56 Å². The van der Waals surface area contributed by atoms with E-state index in [0.29, 0.717) is 11.1 Å². The minimum atomic E-state index is 0.579. The molecule has 47 heavy (non-hydrogen) atoms. The lowest BCUT2D eigenvalue weighted by atomic mass is 9.99. The van der Waals surface area contributed by atoms with Crippen LogP contribution in [0.5, 0.6) is 0 Å². The Morgan fingerprint density at radius 2 is 0.979 bits per heavy atom. The maximum Gasteiger partial charge on any atom is 0.143 e. The molecule has 0 atom stereocenters. The first-order chi connectivity index (χ1) is 23.3. The minimum Gasteiger partial charge on any atom is -0.455 e. The Kier molecular flexibility index (Phi) is 5.32. The fourth-order valence-electron chi connectivity index (χ4n) is 7.63. The highest BCUT2D eigenvalue weighted by Crippen LogP contribution is 2.45. The number of nitrogens with zero attached hydrogens (tertiary/aromatic N) is 3. The average molecular weight is 600 g/mol. The van der Waals surface area contributed by atoms with Crippen LogP contribution in [0.4, 0.5) is 0 Å². The quantitative estimate of drug-likeness (QED) is 0.203. The maximum absolute atomic E-state index is 11.3. The lowest BCUT2D eigenvalue weighted by Gasteiger charge is -2.18. The molecule has 0 amide bonds. The molecule has 0 aliphatic heterocycles. The van der Waals surface area contributed by atoms with E-state index in [2.05, 4.69) is 149 Å². The molecule has 10 aromatic rings. The van der Waals surface area contributed by atoms with E-state index in [9.17, 15) is 5.26 Å². The number of benzene rings is 7. The highest BCUT2D eigenvalue weighted by atomic mass is 16.3. The molecule has 0 bridgehead atoms. The average Bonchev–Trinajstić information content (AvgIpc) is 3.79. The van der Waals surface area contributed by atoms with Gasteiger partial charge in [0.15, 0.2) is 0 Å². The van der Waals surface area contributed by atoms with E-state index in [-0.39, 0.29) is 0 Å². The van der Waals surface area contributed by atoms with Crippen molar-refractivity contribution in [1.29, 1.82) is 5.26 Å². The third-order valence-corrected chi connectivity index (χ3v) is 9.56. The molecule has 3 aromatic heterocycles. The number of nitriles is 1. The third-order valence-electron chi connectivity index (χ3n) is 9.56. The summed E-state index contributed by atoms with van der Waals surface area (Å²) in [4.78, 5) is 0. The first kappa shape index (κ1) is 25.7. The Hall–Kier alpha value is -6.57. The van der Waals surface area contributed by atoms with Crippen LogP contribution in [-0.2, 0) is 0 Å². The van der Waals surface area contributed by atoms with Crippen LogP contribution in [-0.4, -0.2) is 9.13 Å². The number of hydrogen-bond acceptors (Lipinski definition) is 2. The fourth-order valence-corrected chi connectivity index (χ4v) is 7.63. The molecule has 0 fully saturated rings. The van der Waals surface area contributed by atoms with Gasteiger partial charge in [-0.05, 0) is 29.8 Å². The summed E-state index contributed by atoms with van der Waals surface area (Å²) in [5.41, 5.74) is 10.1. The van der Waals surface area contributed by atoms with Crippen LogP contribution >= 0.6 is 0 Å². The second-order valence-corrected chi connectivity index (χ2v) is 12.0. The van der Waals surface area contributed by atoms with Gasteiger partial charge in [0.25, 0.3) is 0 Å². The molecule has 0 spiro atoms. The van der Waals surface area contributed by atoms with Crippen LogP contribution in [0, 0.1) is 11.3 Å². The van der Waals surface area contributed by atoms with Gasteiger partial charge in [-0.25, -0.2) is 0 Å². The number of aromatic nitrogens is 2. The van der Waals surface area contributed by atoms with E-state index in [1.165, 1.54) is 0 Å². The van der Waals surface area contributed by atoms with Crippen LogP contribution in [0.25, 0.3) is 88.1 Å². The smallest absolute Gasteiger partial charge is 0.143 e. The Balaban J connectivity index is 1.46.